The Balaban J connectivity index is 2.18. The Morgan fingerprint density at radius 1 is 1.19 bits per heavy atom. The molecule has 4 heteroatoms. The molecule has 4 N–H and O–H groups in total. The van der Waals surface area contributed by atoms with Gasteiger partial charge in [0, 0.05) is 19.6 Å². The van der Waals surface area contributed by atoms with E-state index in [2.05, 4.69) is 10.6 Å². The van der Waals surface area contributed by atoms with Crippen molar-refractivity contribution < 1.29 is 4.79 Å². The number of carbonyl (C=O) groups is 1. The molecule has 0 radical (unpaired) electrons. The molecule has 4 nitrogen and oxygen atoms in total. The van der Waals surface area contributed by atoms with Crippen molar-refractivity contribution in [1.82, 2.24) is 10.6 Å². The Kier molecular flexibility index (Phi) is 5.73. The number of carbonyl (C=O) groups excluding carboxylic acids is 1. The summed E-state index contributed by atoms with van der Waals surface area (Å²) < 4.78 is 0. The van der Waals surface area contributed by atoms with Gasteiger partial charge in [0.05, 0.1) is 0 Å². The lowest BCUT2D eigenvalue weighted by atomic mass is 10.2. The summed E-state index contributed by atoms with van der Waals surface area (Å²) in [5.74, 6) is 0. The van der Waals surface area contributed by atoms with E-state index in [0.717, 1.165) is 5.56 Å². The third-order valence-electron chi connectivity index (χ3n) is 1.98. The van der Waals surface area contributed by atoms with Crippen molar-refractivity contribution in [2.75, 3.05) is 13.1 Å². The predicted octanol–water partition coefficient (Wildman–Crippen LogP) is 1.00. The minimum atomic E-state index is -0.175. The van der Waals surface area contributed by atoms with Crippen molar-refractivity contribution in [3.8, 4) is 0 Å². The first-order valence-corrected chi connectivity index (χ1v) is 5.23. The fourth-order valence-corrected chi connectivity index (χ4v) is 1.17. The maximum absolute atomic E-state index is 11.3. The molecule has 0 aromatic heterocycles. The summed E-state index contributed by atoms with van der Waals surface area (Å²) in [6.07, 6.45) is 3.62. The van der Waals surface area contributed by atoms with Crippen LogP contribution in [0.2, 0.25) is 0 Å². The molecule has 1 aromatic rings. The molecule has 0 bridgehead atoms. The summed E-state index contributed by atoms with van der Waals surface area (Å²) >= 11 is 0. The van der Waals surface area contributed by atoms with Gasteiger partial charge in [0.15, 0.2) is 0 Å². The van der Waals surface area contributed by atoms with E-state index in [1.807, 2.05) is 36.4 Å². The van der Waals surface area contributed by atoms with E-state index in [0.29, 0.717) is 19.6 Å². The van der Waals surface area contributed by atoms with Crippen LogP contribution in [0.3, 0.4) is 0 Å². The normalized spacial score (nSPS) is 10.3. The molecule has 1 rings (SSSR count). The van der Waals surface area contributed by atoms with Crippen LogP contribution < -0.4 is 16.4 Å². The lowest BCUT2D eigenvalue weighted by Crippen LogP contribution is -2.35. The molecule has 2 amide bonds. The van der Waals surface area contributed by atoms with Crippen molar-refractivity contribution in [3.05, 3.63) is 48.0 Å². The molecule has 1 aromatic carbocycles. The lowest BCUT2D eigenvalue weighted by Gasteiger charge is -2.05. The molecule has 16 heavy (non-hydrogen) atoms. The molecule has 86 valence electrons. The van der Waals surface area contributed by atoms with Crippen molar-refractivity contribution in [1.29, 1.82) is 0 Å². The Bertz CT molecular complexity index is 335. The molecule has 0 heterocycles. The van der Waals surface area contributed by atoms with Gasteiger partial charge in [-0.1, -0.05) is 42.5 Å². The average molecular weight is 219 g/mol. The quantitative estimate of drug-likeness (QED) is 0.647. The van der Waals surface area contributed by atoms with Gasteiger partial charge in [-0.05, 0) is 5.56 Å². The summed E-state index contributed by atoms with van der Waals surface area (Å²) in [4.78, 5) is 11.3. The molecular weight excluding hydrogens is 202 g/mol. The largest absolute Gasteiger partial charge is 0.335 e. The number of rotatable bonds is 5. The SMILES string of the molecule is NC/C=C/CNC(=O)NCc1ccccc1. The van der Waals surface area contributed by atoms with Crippen molar-refractivity contribution >= 4 is 6.03 Å². The minimum Gasteiger partial charge on any atom is -0.335 e. The number of nitrogens with two attached hydrogens (primary N) is 1. The molecule has 0 aliphatic heterocycles. The number of hydrogen-bond acceptors (Lipinski definition) is 2. The van der Waals surface area contributed by atoms with Crippen LogP contribution in [0.1, 0.15) is 5.56 Å². The van der Waals surface area contributed by atoms with Gasteiger partial charge in [-0.3, -0.25) is 0 Å². The maximum Gasteiger partial charge on any atom is 0.315 e. The Hall–Kier alpha value is -1.81. The summed E-state index contributed by atoms with van der Waals surface area (Å²) in [6.45, 7) is 1.53. The van der Waals surface area contributed by atoms with Gasteiger partial charge in [0.1, 0.15) is 0 Å². The van der Waals surface area contributed by atoms with E-state index in [9.17, 15) is 4.79 Å². The van der Waals surface area contributed by atoms with Crippen LogP contribution >= 0.6 is 0 Å². The van der Waals surface area contributed by atoms with Crippen LogP contribution in [-0.2, 0) is 6.54 Å². The molecule has 0 atom stereocenters. The monoisotopic (exact) mass is 219 g/mol. The maximum atomic E-state index is 11.3. The van der Waals surface area contributed by atoms with Gasteiger partial charge >= 0.3 is 6.03 Å². The minimum absolute atomic E-state index is 0.175. The molecule has 0 saturated heterocycles. The number of nitrogens with one attached hydrogen (secondary N) is 2. The summed E-state index contributed by atoms with van der Waals surface area (Å²) in [5.41, 5.74) is 6.34. The van der Waals surface area contributed by atoms with Gasteiger partial charge < -0.3 is 16.4 Å². The van der Waals surface area contributed by atoms with Gasteiger partial charge in [-0.15, -0.1) is 0 Å². The number of amides is 2. The van der Waals surface area contributed by atoms with Gasteiger partial charge in [0.25, 0.3) is 0 Å². The Labute approximate surface area is 95.5 Å². The van der Waals surface area contributed by atoms with Crippen LogP contribution in [0.15, 0.2) is 42.5 Å². The van der Waals surface area contributed by atoms with E-state index >= 15 is 0 Å². The first-order valence-electron chi connectivity index (χ1n) is 5.23. The van der Waals surface area contributed by atoms with Crippen molar-refractivity contribution in [2.24, 2.45) is 5.73 Å². The molecule has 0 unspecified atom stereocenters. The highest BCUT2D eigenvalue weighted by Crippen LogP contribution is 1.96. The summed E-state index contributed by atoms with van der Waals surface area (Å²) in [6, 6.07) is 9.59. The molecular formula is C12H17N3O. The summed E-state index contributed by atoms with van der Waals surface area (Å²) in [5, 5.41) is 5.46. The van der Waals surface area contributed by atoms with E-state index in [1.165, 1.54) is 0 Å². The van der Waals surface area contributed by atoms with Crippen LogP contribution in [0.5, 0.6) is 0 Å². The molecule has 0 spiro atoms. The Morgan fingerprint density at radius 3 is 2.62 bits per heavy atom. The molecule has 0 aliphatic rings. The van der Waals surface area contributed by atoms with Crippen molar-refractivity contribution in [3.63, 3.8) is 0 Å². The Morgan fingerprint density at radius 2 is 1.94 bits per heavy atom. The zero-order valence-corrected chi connectivity index (χ0v) is 9.15. The standard InChI is InChI=1S/C12H17N3O/c13-8-4-5-9-14-12(16)15-10-11-6-2-1-3-7-11/h1-7H,8-10,13H2,(H2,14,15,16)/b5-4+. The van der Waals surface area contributed by atoms with Crippen LogP contribution in [0.4, 0.5) is 4.79 Å². The second-order valence-corrected chi connectivity index (χ2v) is 3.26. The highest BCUT2D eigenvalue weighted by molar-refractivity contribution is 5.73. The van der Waals surface area contributed by atoms with Gasteiger partial charge in [-0.25, -0.2) is 4.79 Å². The second-order valence-electron chi connectivity index (χ2n) is 3.26. The van der Waals surface area contributed by atoms with E-state index in [4.69, 9.17) is 5.73 Å². The van der Waals surface area contributed by atoms with Gasteiger partial charge in [0.2, 0.25) is 0 Å². The van der Waals surface area contributed by atoms with Crippen LogP contribution in [0.25, 0.3) is 0 Å². The van der Waals surface area contributed by atoms with Gasteiger partial charge in [-0.2, -0.15) is 0 Å². The van der Waals surface area contributed by atoms with E-state index in [-0.39, 0.29) is 6.03 Å². The number of hydrogen-bond donors (Lipinski definition) is 3. The summed E-state index contributed by atoms with van der Waals surface area (Å²) in [7, 11) is 0. The number of benzene rings is 1. The fourth-order valence-electron chi connectivity index (χ4n) is 1.17. The predicted molar refractivity (Wildman–Crippen MR) is 64.9 cm³/mol. The third-order valence-corrected chi connectivity index (χ3v) is 1.98. The zero-order valence-electron chi connectivity index (χ0n) is 9.15. The highest BCUT2D eigenvalue weighted by Gasteiger charge is 1.97. The molecule has 0 aliphatic carbocycles. The average Bonchev–Trinajstić information content (AvgIpc) is 2.33. The van der Waals surface area contributed by atoms with Crippen LogP contribution in [-0.4, -0.2) is 19.1 Å². The topological polar surface area (TPSA) is 67.1 Å². The van der Waals surface area contributed by atoms with E-state index < -0.39 is 0 Å². The van der Waals surface area contributed by atoms with Crippen molar-refractivity contribution in [2.45, 2.75) is 6.54 Å². The second kappa shape index (κ2) is 7.48. The lowest BCUT2D eigenvalue weighted by molar-refractivity contribution is 0.241. The molecule has 0 saturated carbocycles. The highest BCUT2D eigenvalue weighted by atomic mass is 16.2. The first-order chi connectivity index (χ1) is 7.83. The zero-order chi connectivity index (χ0) is 11.6. The number of urea groups is 1. The third kappa shape index (κ3) is 5.17. The smallest absolute Gasteiger partial charge is 0.315 e. The van der Waals surface area contributed by atoms with E-state index in [1.54, 1.807) is 6.08 Å². The van der Waals surface area contributed by atoms with Crippen LogP contribution in [0, 0.1) is 0 Å². The molecule has 0 fully saturated rings. The fraction of sp³-hybridized carbons (Fsp3) is 0.250. The first kappa shape index (κ1) is 12.3.